The van der Waals surface area contributed by atoms with Gasteiger partial charge in [0.15, 0.2) is 5.78 Å². The van der Waals surface area contributed by atoms with Crippen molar-refractivity contribution in [2.24, 2.45) is 4.99 Å². The molecule has 1 aromatic carbocycles. The van der Waals surface area contributed by atoms with E-state index in [9.17, 15) is 14.0 Å². The molecule has 0 spiro atoms. The third-order valence-electron chi connectivity index (χ3n) is 4.16. The second-order valence-corrected chi connectivity index (χ2v) is 6.19. The Hall–Kier alpha value is -2.47. The van der Waals surface area contributed by atoms with Crippen LogP contribution >= 0.6 is 11.6 Å². The Morgan fingerprint density at radius 1 is 1.54 bits per heavy atom. The molecule has 7 heteroatoms. The average molecular weight is 379 g/mol. The zero-order valence-corrected chi connectivity index (χ0v) is 15.4. The first kappa shape index (κ1) is 19.8. The summed E-state index contributed by atoms with van der Waals surface area (Å²) in [6.45, 7) is 6.15. The number of ketones is 1. The van der Waals surface area contributed by atoms with Gasteiger partial charge in [-0.2, -0.15) is 0 Å². The molecule has 1 heterocycles. The maximum atomic E-state index is 12.7. The minimum Gasteiger partial charge on any atom is -0.489 e. The number of carbonyl (C=O) groups excluding carboxylic acids is 2. The molecule has 0 aliphatic carbocycles. The molecule has 1 aliphatic rings. The van der Waals surface area contributed by atoms with E-state index in [-0.39, 0.29) is 30.9 Å². The highest BCUT2D eigenvalue weighted by atomic mass is 35.5. The summed E-state index contributed by atoms with van der Waals surface area (Å²) in [6, 6.07) is 4.78. The zero-order valence-electron chi connectivity index (χ0n) is 14.7. The highest BCUT2D eigenvalue weighted by Crippen LogP contribution is 2.33. The zero-order chi connectivity index (χ0) is 19.3. The fourth-order valence-electron chi connectivity index (χ4n) is 2.75. The van der Waals surface area contributed by atoms with Crippen LogP contribution in [0.15, 0.2) is 46.6 Å². The molecular weight excluding hydrogens is 359 g/mol. The van der Waals surface area contributed by atoms with Crippen molar-refractivity contribution >= 4 is 30.0 Å². The van der Waals surface area contributed by atoms with E-state index in [1.54, 1.807) is 23.1 Å². The van der Waals surface area contributed by atoms with Crippen LogP contribution in [-0.4, -0.2) is 43.1 Å². The first-order valence-electron chi connectivity index (χ1n) is 8.06. The van der Waals surface area contributed by atoms with Gasteiger partial charge >= 0.3 is 0 Å². The highest BCUT2D eigenvalue weighted by molar-refractivity contribution is 6.32. The van der Waals surface area contributed by atoms with Crippen molar-refractivity contribution in [2.75, 3.05) is 19.8 Å². The molecule has 0 fully saturated rings. The number of hydrogen-bond acceptors (Lipinski definition) is 4. The van der Waals surface area contributed by atoms with Crippen molar-refractivity contribution in [1.82, 2.24) is 4.90 Å². The van der Waals surface area contributed by atoms with Crippen molar-refractivity contribution in [3.63, 3.8) is 0 Å². The van der Waals surface area contributed by atoms with Crippen molar-refractivity contribution in [3.05, 3.63) is 52.2 Å². The van der Waals surface area contributed by atoms with Gasteiger partial charge in [-0.1, -0.05) is 17.7 Å². The third kappa shape index (κ3) is 4.19. The van der Waals surface area contributed by atoms with Crippen LogP contribution in [-0.2, 0) is 9.59 Å². The van der Waals surface area contributed by atoms with Crippen LogP contribution in [0.1, 0.15) is 25.5 Å². The van der Waals surface area contributed by atoms with Crippen LogP contribution in [0.2, 0.25) is 5.02 Å². The Labute approximate surface area is 156 Å². The molecule has 1 amide bonds. The largest absolute Gasteiger partial charge is 0.489 e. The van der Waals surface area contributed by atoms with E-state index in [1.165, 1.54) is 19.2 Å². The van der Waals surface area contributed by atoms with Crippen LogP contribution in [0.5, 0.6) is 5.75 Å². The monoisotopic (exact) mass is 378 g/mol. The van der Waals surface area contributed by atoms with Gasteiger partial charge in [0.05, 0.1) is 17.6 Å². The molecule has 1 aromatic rings. The number of hydrogen-bond donors (Lipinski definition) is 0. The van der Waals surface area contributed by atoms with Gasteiger partial charge in [-0.15, -0.1) is 0 Å². The Balaban J connectivity index is 2.25. The number of rotatable bonds is 8. The normalized spacial score (nSPS) is 15.7. The molecule has 0 aromatic heterocycles. The van der Waals surface area contributed by atoms with E-state index in [4.69, 9.17) is 16.3 Å². The van der Waals surface area contributed by atoms with Gasteiger partial charge in [-0.05, 0) is 44.3 Å². The van der Waals surface area contributed by atoms with E-state index in [0.29, 0.717) is 21.9 Å². The fraction of sp³-hybridized carbons (Fsp3) is 0.316. The molecule has 0 bridgehead atoms. The quantitative estimate of drug-likeness (QED) is 0.648. The molecule has 1 unspecified atom stereocenters. The van der Waals surface area contributed by atoms with Crippen molar-refractivity contribution < 1.29 is 18.7 Å². The number of alkyl halides is 1. The number of ether oxygens (including phenoxy) is 1. The molecule has 2 rings (SSSR count). The number of benzene rings is 1. The van der Waals surface area contributed by atoms with Crippen molar-refractivity contribution in [3.8, 4) is 5.75 Å². The fourth-order valence-corrected chi connectivity index (χ4v) is 2.99. The lowest BCUT2D eigenvalue weighted by Crippen LogP contribution is -2.30. The summed E-state index contributed by atoms with van der Waals surface area (Å²) in [4.78, 5) is 29.8. The summed E-state index contributed by atoms with van der Waals surface area (Å²) in [5.41, 5.74) is 1.55. The van der Waals surface area contributed by atoms with Gasteiger partial charge < -0.3 is 9.64 Å². The summed E-state index contributed by atoms with van der Waals surface area (Å²) in [5.74, 6) is -0.0301. The SMILES string of the molecule is C=N/C=C\C1=C(C(C)=O)CN(C(C)c2ccc(OCCF)c(Cl)c2)C1=O. The molecule has 0 N–H and O–H groups in total. The molecular formula is C19H20ClFN2O3. The molecule has 0 saturated carbocycles. The van der Waals surface area contributed by atoms with Gasteiger partial charge in [0.2, 0.25) is 0 Å². The summed E-state index contributed by atoms with van der Waals surface area (Å²) in [6.07, 6.45) is 2.89. The predicted molar refractivity (Wildman–Crippen MR) is 99.4 cm³/mol. The minimum atomic E-state index is -0.605. The lowest BCUT2D eigenvalue weighted by Gasteiger charge is -2.26. The molecule has 138 valence electrons. The standard InChI is InChI=1S/C19H20ClFN2O3/c1-12(14-4-5-18(17(20)10-14)26-9-7-21)23-11-16(13(2)24)15(19(23)25)6-8-22-3/h4-6,8,10,12H,3,7,9,11H2,1-2H3/b8-6-. The van der Waals surface area contributed by atoms with E-state index < -0.39 is 6.67 Å². The van der Waals surface area contributed by atoms with E-state index >= 15 is 0 Å². The summed E-state index contributed by atoms with van der Waals surface area (Å²) in [5, 5.41) is 0.338. The first-order valence-corrected chi connectivity index (χ1v) is 8.44. The average Bonchev–Trinajstić information content (AvgIpc) is 2.95. The first-order chi connectivity index (χ1) is 12.4. The van der Waals surface area contributed by atoms with E-state index in [2.05, 4.69) is 11.7 Å². The topological polar surface area (TPSA) is 59.0 Å². The van der Waals surface area contributed by atoms with Gasteiger partial charge in [-0.25, -0.2) is 4.39 Å². The maximum Gasteiger partial charge on any atom is 0.255 e. The summed E-state index contributed by atoms with van der Waals surface area (Å²) < 4.78 is 17.4. The molecule has 1 aliphatic heterocycles. The van der Waals surface area contributed by atoms with Crippen LogP contribution in [0.3, 0.4) is 0 Å². The maximum absolute atomic E-state index is 12.7. The van der Waals surface area contributed by atoms with Crippen molar-refractivity contribution in [2.45, 2.75) is 19.9 Å². The van der Waals surface area contributed by atoms with Crippen LogP contribution < -0.4 is 4.74 Å². The molecule has 0 saturated heterocycles. The smallest absolute Gasteiger partial charge is 0.255 e. The number of aliphatic imine (C=N–C) groups is 1. The lowest BCUT2D eigenvalue weighted by molar-refractivity contribution is -0.127. The second kappa shape index (κ2) is 8.76. The van der Waals surface area contributed by atoms with Gasteiger partial charge in [0.1, 0.15) is 19.0 Å². The van der Waals surface area contributed by atoms with Gasteiger partial charge in [0.25, 0.3) is 5.91 Å². The molecule has 5 nitrogen and oxygen atoms in total. The number of carbonyl (C=O) groups is 2. The molecule has 1 atom stereocenters. The Bertz CT molecular complexity index is 789. The van der Waals surface area contributed by atoms with E-state index in [1.807, 2.05) is 6.92 Å². The summed E-state index contributed by atoms with van der Waals surface area (Å²) >= 11 is 6.18. The van der Waals surface area contributed by atoms with E-state index in [0.717, 1.165) is 5.56 Å². The Kier molecular flexibility index (Phi) is 6.69. The Morgan fingerprint density at radius 3 is 2.85 bits per heavy atom. The molecule has 26 heavy (non-hydrogen) atoms. The number of amides is 1. The van der Waals surface area contributed by atoms with Gasteiger partial charge in [0, 0.05) is 17.3 Å². The molecule has 0 radical (unpaired) electrons. The lowest BCUT2D eigenvalue weighted by atomic mass is 10.1. The van der Waals surface area contributed by atoms with Crippen LogP contribution in [0, 0.1) is 0 Å². The minimum absolute atomic E-state index is 0.0713. The number of nitrogens with zero attached hydrogens (tertiary/aromatic N) is 2. The highest BCUT2D eigenvalue weighted by Gasteiger charge is 2.34. The van der Waals surface area contributed by atoms with Crippen LogP contribution in [0.25, 0.3) is 0 Å². The number of Topliss-reactive ketones (excluding diaryl/α,β-unsaturated/α-hetero) is 1. The van der Waals surface area contributed by atoms with Crippen LogP contribution in [0.4, 0.5) is 4.39 Å². The predicted octanol–water partition coefficient (Wildman–Crippen LogP) is 3.69. The number of halogens is 2. The van der Waals surface area contributed by atoms with Gasteiger partial charge in [-0.3, -0.25) is 14.6 Å². The Morgan fingerprint density at radius 2 is 2.27 bits per heavy atom. The third-order valence-corrected chi connectivity index (χ3v) is 4.45. The second-order valence-electron chi connectivity index (χ2n) is 5.78. The van der Waals surface area contributed by atoms with Crippen molar-refractivity contribution in [1.29, 1.82) is 0 Å². The summed E-state index contributed by atoms with van der Waals surface area (Å²) in [7, 11) is 0.